The van der Waals surface area contributed by atoms with Crippen LogP contribution in [-0.2, 0) is 9.47 Å². The molecule has 3 N–H and O–H groups in total. The lowest BCUT2D eigenvalue weighted by molar-refractivity contribution is 0.0403. The molecule has 1 aromatic heterocycles. The van der Waals surface area contributed by atoms with Gasteiger partial charge in [-0.1, -0.05) is 11.3 Å². The van der Waals surface area contributed by atoms with Crippen molar-refractivity contribution in [1.29, 1.82) is 0 Å². The highest BCUT2D eigenvalue weighted by Gasteiger charge is 2.30. The van der Waals surface area contributed by atoms with Crippen molar-refractivity contribution in [3.8, 4) is 0 Å². The zero-order valence-electron chi connectivity index (χ0n) is 9.51. The van der Waals surface area contributed by atoms with Crippen molar-refractivity contribution in [1.82, 2.24) is 10.3 Å². The highest BCUT2D eigenvalue weighted by molar-refractivity contribution is 7.17. The molecule has 0 aliphatic carbocycles. The van der Waals surface area contributed by atoms with E-state index in [1.54, 1.807) is 0 Å². The van der Waals surface area contributed by atoms with E-state index in [1.165, 1.54) is 17.5 Å². The van der Waals surface area contributed by atoms with Gasteiger partial charge in [0.1, 0.15) is 11.0 Å². The molecule has 2 rings (SSSR count). The molecule has 1 aliphatic heterocycles. The first kappa shape index (κ1) is 12.3. The molecule has 2 unspecified atom stereocenters. The molecule has 94 valence electrons. The molecule has 1 aliphatic rings. The summed E-state index contributed by atoms with van der Waals surface area (Å²) < 4.78 is 10.8. The smallest absolute Gasteiger partial charge is 0.263 e. The summed E-state index contributed by atoms with van der Waals surface area (Å²) in [6.45, 7) is 3.52. The first-order valence-electron chi connectivity index (χ1n) is 5.42. The number of nitrogens with zero attached hydrogens (tertiary/aromatic N) is 1. The molecule has 0 aromatic carbocycles. The number of rotatable bonds is 4. The molecule has 0 spiro atoms. The van der Waals surface area contributed by atoms with Crippen molar-refractivity contribution >= 4 is 22.4 Å². The second kappa shape index (κ2) is 5.44. The van der Waals surface area contributed by atoms with Crippen molar-refractivity contribution in [3.63, 3.8) is 0 Å². The van der Waals surface area contributed by atoms with Gasteiger partial charge < -0.3 is 20.5 Å². The second-order valence-corrected chi connectivity index (χ2v) is 4.74. The third-order valence-corrected chi connectivity index (χ3v) is 3.30. The number of hydrogen-bond donors (Lipinski definition) is 2. The molecule has 0 bridgehead atoms. The lowest BCUT2D eigenvalue weighted by Gasteiger charge is -2.18. The second-order valence-electron chi connectivity index (χ2n) is 3.67. The summed E-state index contributed by atoms with van der Waals surface area (Å²) in [5.74, 6) is -0.181. The van der Waals surface area contributed by atoms with Crippen LogP contribution in [0.5, 0.6) is 0 Å². The number of nitrogen functional groups attached to an aromatic ring is 1. The summed E-state index contributed by atoms with van der Waals surface area (Å²) in [7, 11) is 0. The Morgan fingerprint density at radius 3 is 3.24 bits per heavy atom. The number of carbonyl (C=O) groups is 1. The maximum absolute atomic E-state index is 11.9. The van der Waals surface area contributed by atoms with Crippen LogP contribution in [0.15, 0.2) is 6.20 Å². The van der Waals surface area contributed by atoms with Gasteiger partial charge in [-0.25, -0.2) is 4.98 Å². The number of nitrogens with two attached hydrogens (primary N) is 1. The Balaban J connectivity index is 1.94. The first-order chi connectivity index (χ1) is 8.20. The number of ether oxygens (including phenoxy) is 2. The van der Waals surface area contributed by atoms with Gasteiger partial charge in [-0.05, 0) is 6.92 Å². The Labute approximate surface area is 103 Å². The highest BCUT2D eigenvalue weighted by Crippen LogP contribution is 2.16. The Bertz CT molecular complexity index is 396. The maximum atomic E-state index is 11.9. The zero-order chi connectivity index (χ0) is 12.3. The van der Waals surface area contributed by atoms with Crippen LogP contribution in [0.2, 0.25) is 0 Å². The standard InChI is InChI=1S/C10H15N3O3S/c1-2-16-7-5-15-4-6(7)13-9(14)8-3-12-10(11)17-8/h3,6-7H,2,4-5H2,1H3,(H2,11,12)(H,13,14). The third-order valence-electron chi connectivity index (χ3n) is 2.47. The van der Waals surface area contributed by atoms with Gasteiger partial charge in [-0.15, -0.1) is 0 Å². The maximum Gasteiger partial charge on any atom is 0.263 e. The van der Waals surface area contributed by atoms with Gasteiger partial charge in [0.15, 0.2) is 5.13 Å². The van der Waals surface area contributed by atoms with Crippen LogP contribution in [0.1, 0.15) is 16.6 Å². The number of carbonyl (C=O) groups excluding carboxylic acids is 1. The van der Waals surface area contributed by atoms with Crippen molar-refractivity contribution in [3.05, 3.63) is 11.1 Å². The Morgan fingerprint density at radius 2 is 2.59 bits per heavy atom. The number of nitrogens with one attached hydrogen (secondary N) is 1. The Kier molecular flexibility index (Phi) is 3.93. The number of amides is 1. The lowest BCUT2D eigenvalue weighted by Crippen LogP contribution is -2.43. The van der Waals surface area contributed by atoms with Crippen LogP contribution in [0.3, 0.4) is 0 Å². The molecule has 2 atom stereocenters. The molecule has 6 nitrogen and oxygen atoms in total. The van der Waals surface area contributed by atoms with Gasteiger partial charge in [-0.2, -0.15) is 0 Å². The van der Waals surface area contributed by atoms with E-state index >= 15 is 0 Å². The van der Waals surface area contributed by atoms with E-state index in [0.29, 0.717) is 29.8 Å². The fraction of sp³-hybridized carbons (Fsp3) is 0.600. The highest BCUT2D eigenvalue weighted by atomic mass is 32.1. The average molecular weight is 257 g/mol. The molecule has 1 aromatic rings. The summed E-state index contributed by atoms with van der Waals surface area (Å²) in [6, 6.07) is -0.106. The number of thiazole rings is 1. The lowest BCUT2D eigenvalue weighted by atomic mass is 10.2. The van der Waals surface area contributed by atoms with Crippen molar-refractivity contribution < 1.29 is 14.3 Å². The molecule has 1 amide bonds. The predicted molar refractivity (Wildman–Crippen MR) is 64.0 cm³/mol. The summed E-state index contributed by atoms with van der Waals surface area (Å²) in [4.78, 5) is 16.2. The SMILES string of the molecule is CCOC1COCC1NC(=O)c1cnc(N)s1. The van der Waals surface area contributed by atoms with Gasteiger partial charge in [0.25, 0.3) is 5.91 Å². The van der Waals surface area contributed by atoms with Crippen LogP contribution in [-0.4, -0.2) is 42.9 Å². The van der Waals surface area contributed by atoms with E-state index in [0.717, 1.165) is 0 Å². The van der Waals surface area contributed by atoms with Crippen molar-refractivity contribution in [2.24, 2.45) is 0 Å². The van der Waals surface area contributed by atoms with Gasteiger partial charge >= 0.3 is 0 Å². The summed E-state index contributed by atoms with van der Waals surface area (Å²) in [5, 5.41) is 3.26. The molecular weight excluding hydrogens is 242 g/mol. The fourth-order valence-corrected chi connectivity index (χ4v) is 2.27. The van der Waals surface area contributed by atoms with Gasteiger partial charge in [0, 0.05) is 6.61 Å². The number of aromatic nitrogens is 1. The fourth-order valence-electron chi connectivity index (χ4n) is 1.68. The van der Waals surface area contributed by atoms with E-state index in [2.05, 4.69) is 10.3 Å². The van der Waals surface area contributed by atoms with E-state index < -0.39 is 0 Å². The van der Waals surface area contributed by atoms with Crippen LogP contribution in [0, 0.1) is 0 Å². The van der Waals surface area contributed by atoms with Gasteiger partial charge in [-0.3, -0.25) is 4.79 Å². The van der Waals surface area contributed by atoms with E-state index in [-0.39, 0.29) is 18.1 Å². The summed E-state index contributed by atoms with van der Waals surface area (Å²) in [5.41, 5.74) is 5.48. The molecule has 1 fully saturated rings. The number of anilines is 1. The van der Waals surface area contributed by atoms with Gasteiger partial charge in [0.05, 0.1) is 25.5 Å². The van der Waals surface area contributed by atoms with E-state index in [1.807, 2.05) is 6.92 Å². The topological polar surface area (TPSA) is 86.5 Å². The molecule has 1 saturated heterocycles. The predicted octanol–water partition coefficient (Wildman–Crippen LogP) is 0.259. The quantitative estimate of drug-likeness (QED) is 0.808. The van der Waals surface area contributed by atoms with E-state index in [4.69, 9.17) is 15.2 Å². The molecular formula is C10H15N3O3S. The van der Waals surface area contributed by atoms with Crippen molar-refractivity contribution in [2.45, 2.75) is 19.1 Å². The first-order valence-corrected chi connectivity index (χ1v) is 6.24. The van der Waals surface area contributed by atoms with Crippen LogP contribution >= 0.6 is 11.3 Å². The van der Waals surface area contributed by atoms with Crippen molar-refractivity contribution in [2.75, 3.05) is 25.6 Å². The largest absolute Gasteiger partial charge is 0.376 e. The van der Waals surface area contributed by atoms with Crippen LogP contribution < -0.4 is 11.1 Å². The summed E-state index contributed by atoms with van der Waals surface area (Å²) >= 11 is 1.17. The minimum Gasteiger partial charge on any atom is -0.376 e. The average Bonchev–Trinajstić information content (AvgIpc) is 2.89. The molecule has 17 heavy (non-hydrogen) atoms. The Morgan fingerprint density at radius 1 is 1.76 bits per heavy atom. The molecule has 0 radical (unpaired) electrons. The summed E-state index contributed by atoms with van der Waals surface area (Å²) in [6.07, 6.45) is 1.40. The minimum atomic E-state index is -0.181. The zero-order valence-corrected chi connectivity index (χ0v) is 10.3. The van der Waals surface area contributed by atoms with E-state index in [9.17, 15) is 4.79 Å². The normalized spacial score (nSPS) is 23.8. The number of hydrogen-bond acceptors (Lipinski definition) is 6. The minimum absolute atomic E-state index is 0.0748. The molecule has 2 heterocycles. The Hall–Kier alpha value is -1.18. The molecule has 0 saturated carbocycles. The van der Waals surface area contributed by atoms with Crippen LogP contribution in [0.25, 0.3) is 0 Å². The third kappa shape index (κ3) is 2.93. The van der Waals surface area contributed by atoms with Gasteiger partial charge in [0.2, 0.25) is 0 Å². The van der Waals surface area contributed by atoms with Crippen LogP contribution in [0.4, 0.5) is 5.13 Å². The molecule has 7 heteroatoms. The monoisotopic (exact) mass is 257 g/mol.